The molecular weight excluding hydrogens is 352 g/mol. The number of aryl methyl sites for hydroxylation is 1. The number of pyridine rings is 1. The summed E-state index contributed by atoms with van der Waals surface area (Å²) in [6.07, 6.45) is 2.88. The summed E-state index contributed by atoms with van der Waals surface area (Å²) < 4.78 is 11.1. The Morgan fingerprint density at radius 1 is 1.25 bits per heavy atom. The summed E-state index contributed by atoms with van der Waals surface area (Å²) in [5, 5.41) is 4.03. The third-order valence-electron chi connectivity index (χ3n) is 6.09. The van der Waals surface area contributed by atoms with Crippen LogP contribution in [-0.2, 0) is 22.3 Å². The second kappa shape index (κ2) is 7.80. The molecular formula is C23H30N2O3. The molecule has 4 rings (SSSR count). The molecule has 0 saturated carbocycles. The molecule has 1 aromatic carbocycles. The van der Waals surface area contributed by atoms with Crippen molar-refractivity contribution >= 4 is 16.8 Å². The number of nitrogens with zero attached hydrogens (tertiary/aromatic N) is 1. The van der Waals surface area contributed by atoms with Crippen LogP contribution in [0.2, 0.25) is 0 Å². The number of benzene rings is 1. The van der Waals surface area contributed by atoms with Gasteiger partial charge in [0.15, 0.2) is 0 Å². The van der Waals surface area contributed by atoms with Gasteiger partial charge in [-0.1, -0.05) is 39.0 Å². The van der Waals surface area contributed by atoms with Gasteiger partial charge in [0.2, 0.25) is 0 Å². The van der Waals surface area contributed by atoms with Crippen molar-refractivity contribution < 1.29 is 14.3 Å². The van der Waals surface area contributed by atoms with Crippen LogP contribution in [0.5, 0.6) is 0 Å². The zero-order valence-corrected chi connectivity index (χ0v) is 17.1. The molecule has 2 atom stereocenters. The lowest BCUT2D eigenvalue weighted by atomic mass is 9.70. The van der Waals surface area contributed by atoms with E-state index in [2.05, 4.69) is 26.1 Å². The Morgan fingerprint density at radius 2 is 2.07 bits per heavy atom. The Kier molecular flexibility index (Phi) is 5.39. The van der Waals surface area contributed by atoms with Crippen molar-refractivity contribution in [3.8, 4) is 0 Å². The van der Waals surface area contributed by atoms with Gasteiger partial charge in [-0.3, -0.25) is 9.78 Å². The lowest BCUT2D eigenvalue weighted by molar-refractivity contribution is -0.0855. The van der Waals surface area contributed by atoms with Gasteiger partial charge >= 0.3 is 0 Å². The van der Waals surface area contributed by atoms with Crippen LogP contribution in [0.25, 0.3) is 10.9 Å². The van der Waals surface area contributed by atoms with Gasteiger partial charge < -0.3 is 14.8 Å². The highest BCUT2D eigenvalue weighted by Gasteiger charge is 2.32. The molecule has 0 spiro atoms. The fraction of sp³-hybridized carbons (Fsp3) is 0.565. The summed E-state index contributed by atoms with van der Waals surface area (Å²) in [6.45, 7) is 9.07. The Hall–Kier alpha value is -1.98. The highest BCUT2D eigenvalue weighted by molar-refractivity contribution is 6.07. The molecule has 2 aromatic rings. The van der Waals surface area contributed by atoms with Gasteiger partial charge in [-0.2, -0.15) is 0 Å². The number of nitrogens with one attached hydrogen (secondary N) is 1. The first-order chi connectivity index (χ1) is 13.4. The summed E-state index contributed by atoms with van der Waals surface area (Å²) in [4.78, 5) is 18.2. The minimum atomic E-state index is -0.0797. The lowest BCUT2D eigenvalue weighted by Crippen LogP contribution is -2.40. The fourth-order valence-electron chi connectivity index (χ4n) is 4.34. The summed E-state index contributed by atoms with van der Waals surface area (Å²) in [7, 11) is 0. The van der Waals surface area contributed by atoms with Crippen LogP contribution < -0.4 is 5.32 Å². The fourth-order valence-corrected chi connectivity index (χ4v) is 4.34. The van der Waals surface area contributed by atoms with Crippen molar-refractivity contribution in [3.05, 3.63) is 41.1 Å². The maximum atomic E-state index is 13.3. The zero-order chi connectivity index (χ0) is 19.7. The van der Waals surface area contributed by atoms with Crippen molar-refractivity contribution in [2.75, 3.05) is 26.4 Å². The molecule has 2 aliphatic rings. The number of carbonyl (C=O) groups is 1. The van der Waals surface area contributed by atoms with Gasteiger partial charge in [-0.25, -0.2) is 0 Å². The van der Waals surface area contributed by atoms with Crippen LogP contribution >= 0.6 is 0 Å². The number of carbonyl (C=O) groups excluding carboxylic acids is 1. The number of ether oxygens (including phenoxy) is 2. The highest BCUT2D eigenvalue weighted by atomic mass is 16.6. The van der Waals surface area contributed by atoms with Gasteiger partial charge in [-0.05, 0) is 42.2 Å². The lowest BCUT2D eigenvalue weighted by Gasteiger charge is -2.35. The number of para-hydroxylation sites is 1. The number of aromatic nitrogens is 1. The van der Waals surface area contributed by atoms with Crippen LogP contribution in [-0.4, -0.2) is 43.4 Å². The Morgan fingerprint density at radius 3 is 2.82 bits per heavy atom. The maximum Gasteiger partial charge on any atom is 0.252 e. The topological polar surface area (TPSA) is 60.5 Å². The Labute approximate surface area is 166 Å². The number of amides is 1. The van der Waals surface area contributed by atoms with Gasteiger partial charge in [-0.15, -0.1) is 0 Å². The molecule has 150 valence electrons. The van der Waals surface area contributed by atoms with Crippen LogP contribution in [0.3, 0.4) is 0 Å². The molecule has 0 unspecified atom stereocenters. The van der Waals surface area contributed by atoms with Gasteiger partial charge in [0, 0.05) is 17.6 Å². The van der Waals surface area contributed by atoms with Crippen molar-refractivity contribution in [3.63, 3.8) is 0 Å². The molecule has 0 radical (unpaired) electrons. The van der Waals surface area contributed by atoms with Crippen LogP contribution in [0.1, 0.15) is 48.8 Å². The van der Waals surface area contributed by atoms with Crippen LogP contribution in [0.15, 0.2) is 24.3 Å². The molecule has 1 amide bonds. The van der Waals surface area contributed by atoms with E-state index in [0.29, 0.717) is 32.3 Å². The van der Waals surface area contributed by atoms with E-state index in [4.69, 9.17) is 14.5 Å². The summed E-state index contributed by atoms with van der Waals surface area (Å²) in [5.74, 6) is 0.517. The first-order valence-electron chi connectivity index (χ1n) is 10.3. The zero-order valence-electron chi connectivity index (χ0n) is 17.1. The summed E-state index contributed by atoms with van der Waals surface area (Å²) in [5.41, 5.74) is 4.12. The van der Waals surface area contributed by atoms with E-state index < -0.39 is 0 Å². The predicted octanol–water partition coefficient (Wildman–Crippen LogP) is 3.53. The highest BCUT2D eigenvalue weighted by Crippen LogP contribution is 2.39. The Balaban J connectivity index is 1.68. The molecule has 28 heavy (non-hydrogen) atoms. The molecule has 1 aliphatic heterocycles. The third kappa shape index (κ3) is 3.91. The Bertz CT molecular complexity index is 866. The molecule has 1 fully saturated rings. The predicted molar refractivity (Wildman–Crippen MR) is 110 cm³/mol. The normalized spacial score (nSPS) is 22.7. The first kappa shape index (κ1) is 19.3. The van der Waals surface area contributed by atoms with Crippen LogP contribution in [0, 0.1) is 11.3 Å². The monoisotopic (exact) mass is 382 g/mol. The summed E-state index contributed by atoms with van der Waals surface area (Å²) in [6, 6.07) is 7.98. The van der Waals surface area contributed by atoms with E-state index in [0.717, 1.165) is 47.0 Å². The average Bonchev–Trinajstić information content (AvgIpc) is 2.70. The molecule has 2 heterocycles. The largest absolute Gasteiger partial charge is 0.376 e. The summed E-state index contributed by atoms with van der Waals surface area (Å²) >= 11 is 0. The van der Waals surface area contributed by atoms with Gasteiger partial charge in [0.25, 0.3) is 5.91 Å². The minimum Gasteiger partial charge on any atom is -0.376 e. The van der Waals surface area contributed by atoms with Crippen molar-refractivity contribution in [1.82, 2.24) is 10.3 Å². The minimum absolute atomic E-state index is 0.0291. The molecule has 5 heteroatoms. The smallest absolute Gasteiger partial charge is 0.252 e. The van der Waals surface area contributed by atoms with Crippen molar-refractivity contribution in [2.24, 2.45) is 11.3 Å². The van der Waals surface area contributed by atoms with Crippen molar-refractivity contribution in [1.29, 1.82) is 0 Å². The van der Waals surface area contributed by atoms with E-state index in [1.807, 2.05) is 24.3 Å². The molecule has 1 N–H and O–H groups in total. The van der Waals surface area contributed by atoms with Crippen LogP contribution in [0.4, 0.5) is 0 Å². The molecule has 5 nitrogen and oxygen atoms in total. The quantitative estimate of drug-likeness (QED) is 0.882. The molecule has 0 bridgehead atoms. The third-order valence-corrected chi connectivity index (χ3v) is 6.09. The van der Waals surface area contributed by atoms with E-state index in [-0.39, 0.29) is 17.4 Å². The van der Waals surface area contributed by atoms with E-state index >= 15 is 0 Å². The molecule has 1 aromatic heterocycles. The molecule has 1 aliphatic carbocycles. The maximum absolute atomic E-state index is 13.3. The van der Waals surface area contributed by atoms with E-state index in [1.165, 1.54) is 0 Å². The van der Waals surface area contributed by atoms with E-state index in [1.54, 1.807) is 0 Å². The molecule has 1 saturated heterocycles. The second-order valence-electron chi connectivity index (χ2n) is 9.01. The van der Waals surface area contributed by atoms with E-state index in [9.17, 15) is 4.79 Å². The number of rotatable bonds is 3. The standard InChI is InChI=1S/C23H30N2O3/c1-23(2,3)15-8-9-20-18(12-15)21(17-6-4-5-7-19(17)25-20)22(26)24-13-16-14-27-10-11-28-16/h4-7,15-16H,8-14H2,1-3H3,(H,24,26)/t15-,16+/m1/s1. The SMILES string of the molecule is CC(C)(C)[C@@H]1CCc2nc3ccccc3c(C(=O)NC[C@H]3COCCO3)c2C1. The van der Waals surface area contributed by atoms with Crippen molar-refractivity contribution in [2.45, 2.75) is 46.1 Å². The first-order valence-corrected chi connectivity index (χ1v) is 10.3. The second-order valence-corrected chi connectivity index (χ2v) is 9.01. The number of hydrogen-bond acceptors (Lipinski definition) is 4. The average molecular weight is 383 g/mol. The van der Waals surface area contributed by atoms with Gasteiger partial charge in [0.1, 0.15) is 0 Å². The number of hydrogen-bond donors (Lipinski definition) is 1. The number of fused-ring (bicyclic) bond motifs is 2. The van der Waals surface area contributed by atoms with Gasteiger partial charge in [0.05, 0.1) is 37.0 Å².